The molecule has 3 N–H and O–H groups in total. The minimum Gasteiger partial charge on any atom is -0.478 e. The molecular weight excluding hydrogens is 304 g/mol. The van der Waals surface area contributed by atoms with Gasteiger partial charge in [-0.25, -0.2) is 9.78 Å². The molecule has 0 saturated carbocycles. The van der Waals surface area contributed by atoms with Crippen molar-refractivity contribution < 1.29 is 9.90 Å². The van der Waals surface area contributed by atoms with Crippen LogP contribution in [0.25, 0.3) is 10.9 Å². The van der Waals surface area contributed by atoms with E-state index in [-0.39, 0.29) is 15.9 Å². The maximum Gasteiger partial charge on any atom is 0.335 e. The van der Waals surface area contributed by atoms with Gasteiger partial charge in [0.05, 0.1) is 28.5 Å². The standard InChI is InChI=1S/C14H12N4O3S/c19-12-10-2-1-8(13(20)21)5-11(10)17-14(22)18(12)4-3-9-6-15-7-16-9/h1-2,5-7H,3-4H2,(H,15,16)(H,17,22)(H,20,21). The maximum absolute atomic E-state index is 12.5. The molecule has 3 aromatic rings. The number of aromatic nitrogens is 4. The summed E-state index contributed by atoms with van der Waals surface area (Å²) >= 11 is 5.20. The van der Waals surface area contributed by atoms with Gasteiger partial charge in [-0.05, 0) is 30.4 Å². The van der Waals surface area contributed by atoms with Gasteiger partial charge in [0.25, 0.3) is 5.56 Å². The number of aryl methyl sites for hydroxylation is 1. The Kier molecular flexibility index (Phi) is 3.60. The van der Waals surface area contributed by atoms with Crippen molar-refractivity contribution >= 4 is 29.1 Å². The van der Waals surface area contributed by atoms with E-state index in [9.17, 15) is 9.59 Å². The number of aromatic carboxylic acids is 1. The van der Waals surface area contributed by atoms with Crippen LogP contribution < -0.4 is 5.56 Å². The van der Waals surface area contributed by atoms with Crippen LogP contribution >= 0.6 is 12.2 Å². The summed E-state index contributed by atoms with van der Waals surface area (Å²) in [4.78, 5) is 33.3. The molecule has 2 heterocycles. The zero-order chi connectivity index (χ0) is 15.7. The van der Waals surface area contributed by atoms with E-state index < -0.39 is 5.97 Å². The van der Waals surface area contributed by atoms with Gasteiger partial charge in [-0.2, -0.15) is 0 Å². The first-order valence-electron chi connectivity index (χ1n) is 6.54. The summed E-state index contributed by atoms with van der Waals surface area (Å²) in [5.41, 5.74) is 1.12. The lowest BCUT2D eigenvalue weighted by molar-refractivity contribution is 0.0697. The molecule has 7 nitrogen and oxygen atoms in total. The fourth-order valence-electron chi connectivity index (χ4n) is 2.24. The van der Waals surface area contributed by atoms with Crippen molar-refractivity contribution in [2.45, 2.75) is 13.0 Å². The predicted molar refractivity (Wildman–Crippen MR) is 82.6 cm³/mol. The number of rotatable bonds is 4. The summed E-state index contributed by atoms with van der Waals surface area (Å²) in [6.07, 6.45) is 3.91. The largest absolute Gasteiger partial charge is 0.478 e. The Hall–Kier alpha value is -2.74. The average Bonchev–Trinajstić information content (AvgIpc) is 2.99. The number of carbonyl (C=O) groups is 1. The van der Waals surface area contributed by atoms with Crippen molar-refractivity contribution in [3.8, 4) is 0 Å². The lowest BCUT2D eigenvalue weighted by Crippen LogP contribution is -2.23. The third kappa shape index (κ3) is 2.56. The van der Waals surface area contributed by atoms with Gasteiger partial charge in [-0.1, -0.05) is 0 Å². The van der Waals surface area contributed by atoms with Crippen molar-refractivity contribution in [2.24, 2.45) is 0 Å². The van der Waals surface area contributed by atoms with Crippen molar-refractivity contribution in [2.75, 3.05) is 0 Å². The van der Waals surface area contributed by atoms with E-state index >= 15 is 0 Å². The van der Waals surface area contributed by atoms with Gasteiger partial charge in [-0.3, -0.25) is 9.36 Å². The van der Waals surface area contributed by atoms with Crippen LogP contribution in [0.5, 0.6) is 0 Å². The zero-order valence-electron chi connectivity index (χ0n) is 11.4. The van der Waals surface area contributed by atoms with E-state index in [1.807, 2.05) is 0 Å². The molecule has 112 valence electrons. The average molecular weight is 316 g/mol. The fraction of sp³-hybridized carbons (Fsp3) is 0.143. The Labute approximate surface area is 129 Å². The lowest BCUT2D eigenvalue weighted by atomic mass is 10.1. The van der Waals surface area contributed by atoms with Gasteiger partial charge in [0, 0.05) is 19.2 Å². The molecule has 0 aliphatic heterocycles. The first-order chi connectivity index (χ1) is 10.6. The number of nitrogens with one attached hydrogen (secondary N) is 2. The third-order valence-electron chi connectivity index (χ3n) is 3.38. The molecule has 0 fully saturated rings. The van der Waals surface area contributed by atoms with Crippen molar-refractivity contribution in [1.82, 2.24) is 19.5 Å². The van der Waals surface area contributed by atoms with E-state index in [1.54, 1.807) is 12.5 Å². The molecule has 0 aliphatic carbocycles. The first kappa shape index (κ1) is 14.2. The lowest BCUT2D eigenvalue weighted by Gasteiger charge is -2.07. The zero-order valence-corrected chi connectivity index (χ0v) is 12.2. The molecule has 0 aliphatic rings. The highest BCUT2D eigenvalue weighted by atomic mass is 32.1. The number of carboxylic acids is 1. The van der Waals surface area contributed by atoms with E-state index in [1.165, 1.54) is 22.8 Å². The quantitative estimate of drug-likeness (QED) is 0.636. The monoisotopic (exact) mass is 316 g/mol. The molecule has 22 heavy (non-hydrogen) atoms. The summed E-state index contributed by atoms with van der Waals surface area (Å²) in [5.74, 6) is -1.05. The highest BCUT2D eigenvalue weighted by molar-refractivity contribution is 7.71. The number of aromatic amines is 2. The van der Waals surface area contributed by atoms with Crippen LogP contribution in [0.15, 0.2) is 35.5 Å². The molecule has 0 saturated heterocycles. The predicted octanol–water partition coefficient (Wildman–Crippen LogP) is 1.72. The Morgan fingerprint density at radius 1 is 1.41 bits per heavy atom. The second-order valence-electron chi connectivity index (χ2n) is 4.76. The number of fused-ring (bicyclic) bond motifs is 1. The van der Waals surface area contributed by atoms with Gasteiger partial charge in [0.2, 0.25) is 0 Å². The number of hydrogen-bond donors (Lipinski definition) is 3. The van der Waals surface area contributed by atoms with Gasteiger partial charge in [-0.15, -0.1) is 0 Å². The minimum atomic E-state index is -1.05. The number of nitrogens with zero attached hydrogens (tertiary/aromatic N) is 2. The number of imidazole rings is 1. The first-order valence-corrected chi connectivity index (χ1v) is 6.95. The summed E-state index contributed by atoms with van der Waals surface area (Å²) in [5, 5.41) is 9.40. The highest BCUT2D eigenvalue weighted by Crippen LogP contribution is 2.11. The van der Waals surface area contributed by atoms with Crippen LogP contribution in [-0.4, -0.2) is 30.6 Å². The Balaban J connectivity index is 2.05. The molecule has 1 aromatic carbocycles. The molecule has 0 amide bonds. The second-order valence-corrected chi connectivity index (χ2v) is 5.15. The van der Waals surface area contributed by atoms with Gasteiger partial charge >= 0.3 is 5.97 Å². The van der Waals surface area contributed by atoms with Crippen molar-refractivity contribution in [3.63, 3.8) is 0 Å². The van der Waals surface area contributed by atoms with E-state index in [0.29, 0.717) is 23.9 Å². The Morgan fingerprint density at radius 2 is 2.23 bits per heavy atom. The van der Waals surface area contributed by atoms with Gasteiger partial charge < -0.3 is 15.1 Å². The van der Waals surface area contributed by atoms with Crippen LogP contribution in [0.2, 0.25) is 0 Å². The maximum atomic E-state index is 12.5. The Bertz CT molecular complexity index is 956. The number of benzene rings is 1. The number of carboxylic acid groups (broad SMARTS) is 1. The highest BCUT2D eigenvalue weighted by Gasteiger charge is 2.09. The number of hydrogen-bond acceptors (Lipinski definition) is 4. The fourth-order valence-corrected chi connectivity index (χ4v) is 2.53. The molecule has 2 aromatic heterocycles. The van der Waals surface area contributed by atoms with Crippen LogP contribution in [-0.2, 0) is 13.0 Å². The van der Waals surface area contributed by atoms with E-state index in [0.717, 1.165) is 5.69 Å². The van der Waals surface area contributed by atoms with Crippen LogP contribution in [0.3, 0.4) is 0 Å². The summed E-state index contributed by atoms with van der Waals surface area (Å²) in [6.45, 7) is 0.398. The minimum absolute atomic E-state index is 0.104. The molecule has 0 unspecified atom stereocenters. The molecule has 0 atom stereocenters. The van der Waals surface area contributed by atoms with Crippen molar-refractivity contribution in [1.29, 1.82) is 0 Å². The normalized spacial score (nSPS) is 10.9. The number of H-pyrrole nitrogens is 2. The molecule has 0 spiro atoms. The SMILES string of the molecule is O=C(O)c1ccc2c(=O)n(CCc3c[nH]cn3)c(=S)[nH]c2c1. The molecule has 8 heteroatoms. The summed E-state index contributed by atoms with van der Waals surface area (Å²) < 4.78 is 1.71. The smallest absolute Gasteiger partial charge is 0.335 e. The molecule has 3 rings (SSSR count). The van der Waals surface area contributed by atoms with Crippen LogP contribution in [0.1, 0.15) is 16.1 Å². The van der Waals surface area contributed by atoms with Crippen LogP contribution in [0, 0.1) is 4.77 Å². The van der Waals surface area contributed by atoms with E-state index in [4.69, 9.17) is 17.3 Å². The second kappa shape index (κ2) is 5.57. The summed E-state index contributed by atoms with van der Waals surface area (Å²) in [7, 11) is 0. The Morgan fingerprint density at radius 3 is 2.91 bits per heavy atom. The van der Waals surface area contributed by atoms with Crippen molar-refractivity contribution in [3.05, 3.63) is 57.1 Å². The topological polar surface area (TPSA) is 104 Å². The summed E-state index contributed by atoms with van der Waals surface area (Å²) in [6, 6.07) is 4.31. The van der Waals surface area contributed by atoms with Crippen LogP contribution in [0.4, 0.5) is 0 Å². The van der Waals surface area contributed by atoms with E-state index in [2.05, 4.69) is 15.0 Å². The third-order valence-corrected chi connectivity index (χ3v) is 3.70. The van der Waals surface area contributed by atoms with Gasteiger partial charge in [0.1, 0.15) is 0 Å². The molecule has 0 bridgehead atoms. The molecule has 0 radical (unpaired) electrons. The van der Waals surface area contributed by atoms with Gasteiger partial charge in [0.15, 0.2) is 4.77 Å². The molecular formula is C14H12N4O3S.